The van der Waals surface area contributed by atoms with Crippen LogP contribution in [0.4, 0.5) is 5.69 Å². The molecule has 0 aromatic heterocycles. The first-order chi connectivity index (χ1) is 11.8. The van der Waals surface area contributed by atoms with Crippen molar-refractivity contribution >= 4 is 46.4 Å². The minimum Gasteiger partial charge on any atom is -0.479 e. The molecule has 8 heteroatoms. The number of carboxylic acids is 1. The van der Waals surface area contributed by atoms with Gasteiger partial charge in [-0.1, -0.05) is 35.3 Å². The first kappa shape index (κ1) is 18.8. The Morgan fingerprint density at radius 2 is 1.72 bits per heavy atom. The third-order valence-corrected chi connectivity index (χ3v) is 3.79. The largest absolute Gasteiger partial charge is 0.479 e. The average molecular weight is 379 g/mol. The highest BCUT2D eigenvalue weighted by Crippen LogP contribution is 2.28. The van der Waals surface area contributed by atoms with Gasteiger partial charge in [0, 0.05) is 10.6 Å². The quantitative estimate of drug-likeness (QED) is 0.458. The molecule has 25 heavy (non-hydrogen) atoms. The summed E-state index contributed by atoms with van der Waals surface area (Å²) in [5.41, 5.74) is 0.420. The van der Waals surface area contributed by atoms with Gasteiger partial charge in [-0.05, 0) is 37.3 Å². The van der Waals surface area contributed by atoms with Crippen molar-refractivity contribution in [3.8, 4) is 0 Å². The standard InChI is InChI=1S/C17H12Cl2N2O4/c1-9(22)15(17(24)25)21-20-14-7-6-10(18)8-12(14)16(23)11-4-2-3-5-13(11)19/h2-8,15H,1H3,(H,24,25)/b21-20+. The Bertz CT molecular complexity index is 867. The minimum absolute atomic E-state index is 0.0850. The molecule has 2 aromatic carbocycles. The molecule has 1 atom stereocenters. The van der Waals surface area contributed by atoms with Crippen LogP contribution in [-0.2, 0) is 9.59 Å². The van der Waals surface area contributed by atoms with E-state index in [-0.39, 0.29) is 26.9 Å². The molecule has 2 rings (SSSR count). The predicted octanol–water partition coefficient (Wildman–Crippen LogP) is 4.35. The molecule has 1 N–H and O–H groups in total. The van der Waals surface area contributed by atoms with Crippen molar-refractivity contribution in [1.29, 1.82) is 0 Å². The first-order valence-electron chi connectivity index (χ1n) is 7.04. The van der Waals surface area contributed by atoms with E-state index in [0.717, 1.165) is 6.92 Å². The maximum Gasteiger partial charge on any atom is 0.338 e. The highest BCUT2D eigenvalue weighted by Gasteiger charge is 2.23. The zero-order valence-electron chi connectivity index (χ0n) is 12.9. The van der Waals surface area contributed by atoms with E-state index < -0.39 is 23.6 Å². The number of rotatable bonds is 6. The maximum atomic E-state index is 12.7. The van der Waals surface area contributed by atoms with Gasteiger partial charge in [0.1, 0.15) is 0 Å². The second-order valence-electron chi connectivity index (χ2n) is 5.04. The number of hydrogen-bond acceptors (Lipinski definition) is 5. The summed E-state index contributed by atoms with van der Waals surface area (Å²) < 4.78 is 0. The van der Waals surface area contributed by atoms with E-state index in [1.54, 1.807) is 24.3 Å². The maximum absolute atomic E-state index is 12.7. The molecule has 0 bridgehead atoms. The molecule has 1 unspecified atom stereocenters. The molecule has 0 heterocycles. The SMILES string of the molecule is CC(=O)C(/N=N/c1ccc(Cl)cc1C(=O)c1ccccc1Cl)C(=O)O. The van der Waals surface area contributed by atoms with Gasteiger partial charge in [0.25, 0.3) is 0 Å². The Balaban J connectivity index is 2.48. The second-order valence-corrected chi connectivity index (χ2v) is 5.88. The molecular weight excluding hydrogens is 367 g/mol. The molecule has 0 amide bonds. The van der Waals surface area contributed by atoms with Gasteiger partial charge in [0.05, 0.1) is 16.3 Å². The lowest BCUT2D eigenvalue weighted by molar-refractivity contribution is -0.141. The molecule has 0 fully saturated rings. The van der Waals surface area contributed by atoms with Crippen molar-refractivity contribution in [2.45, 2.75) is 13.0 Å². The Kier molecular flexibility index (Phi) is 6.01. The van der Waals surface area contributed by atoms with Crippen molar-refractivity contribution in [2.24, 2.45) is 10.2 Å². The number of ketones is 2. The third kappa shape index (κ3) is 4.49. The lowest BCUT2D eigenvalue weighted by atomic mass is 10.0. The summed E-state index contributed by atoms with van der Waals surface area (Å²) in [7, 11) is 0. The van der Waals surface area contributed by atoms with Crippen molar-refractivity contribution in [3.05, 3.63) is 63.6 Å². The molecule has 6 nitrogen and oxygen atoms in total. The van der Waals surface area contributed by atoms with E-state index in [2.05, 4.69) is 10.2 Å². The van der Waals surface area contributed by atoms with Crippen LogP contribution >= 0.6 is 23.2 Å². The van der Waals surface area contributed by atoms with E-state index in [1.165, 1.54) is 18.2 Å². The van der Waals surface area contributed by atoms with Crippen LogP contribution in [0.2, 0.25) is 10.0 Å². The summed E-state index contributed by atoms with van der Waals surface area (Å²) in [5.74, 6) is -2.55. The number of halogens is 2. The number of aliphatic carboxylic acids is 1. The van der Waals surface area contributed by atoms with Gasteiger partial charge in [-0.25, -0.2) is 4.79 Å². The van der Waals surface area contributed by atoms with Crippen LogP contribution in [0, 0.1) is 0 Å². The summed E-state index contributed by atoms with van der Waals surface area (Å²) in [4.78, 5) is 35.1. The average Bonchev–Trinajstić information content (AvgIpc) is 2.55. The number of benzene rings is 2. The van der Waals surface area contributed by atoms with Crippen LogP contribution in [-0.4, -0.2) is 28.7 Å². The number of carboxylic acid groups (broad SMARTS) is 1. The van der Waals surface area contributed by atoms with Crippen LogP contribution in [0.5, 0.6) is 0 Å². The molecule has 0 spiro atoms. The first-order valence-corrected chi connectivity index (χ1v) is 7.79. The minimum atomic E-state index is -1.64. The van der Waals surface area contributed by atoms with E-state index in [4.69, 9.17) is 28.3 Å². The van der Waals surface area contributed by atoms with E-state index in [1.807, 2.05) is 0 Å². The van der Waals surface area contributed by atoms with Crippen LogP contribution in [0.3, 0.4) is 0 Å². The normalized spacial score (nSPS) is 12.1. The number of nitrogens with zero attached hydrogens (tertiary/aromatic N) is 2. The van der Waals surface area contributed by atoms with Crippen LogP contribution in [0.15, 0.2) is 52.7 Å². The lowest BCUT2D eigenvalue weighted by Gasteiger charge is -2.07. The number of Topliss-reactive ketones (excluding diaryl/α,β-unsaturated/α-hetero) is 1. The van der Waals surface area contributed by atoms with Crippen molar-refractivity contribution < 1.29 is 19.5 Å². The van der Waals surface area contributed by atoms with Crippen molar-refractivity contribution in [1.82, 2.24) is 0 Å². The van der Waals surface area contributed by atoms with Gasteiger partial charge in [-0.15, -0.1) is 0 Å². The van der Waals surface area contributed by atoms with Crippen LogP contribution in [0.1, 0.15) is 22.8 Å². The van der Waals surface area contributed by atoms with Crippen molar-refractivity contribution in [2.75, 3.05) is 0 Å². The summed E-state index contributed by atoms with van der Waals surface area (Å²) in [6.07, 6.45) is 0. The van der Waals surface area contributed by atoms with Crippen molar-refractivity contribution in [3.63, 3.8) is 0 Å². The Morgan fingerprint density at radius 1 is 1.04 bits per heavy atom. The van der Waals surface area contributed by atoms with Crippen LogP contribution in [0.25, 0.3) is 0 Å². The Morgan fingerprint density at radius 3 is 2.32 bits per heavy atom. The molecule has 0 saturated heterocycles. The number of hydrogen-bond donors (Lipinski definition) is 1. The van der Waals surface area contributed by atoms with E-state index >= 15 is 0 Å². The molecular formula is C17H12Cl2N2O4. The predicted molar refractivity (Wildman–Crippen MR) is 93.0 cm³/mol. The van der Waals surface area contributed by atoms with Gasteiger partial charge < -0.3 is 5.11 Å². The fraction of sp³-hybridized carbons (Fsp3) is 0.118. The molecule has 0 aliphatic heterocycles. The molecule has 0 saturated carbocycles. The summed E-state index contributed by atoms with van der Waals surface area (Å²) >= 11 is 12.0. The number of carbonyl (C=O) groups is 3. The Hall–Kier alpha value is -2.57. The van der Waals surface area contributed by atoms with Gasteiger partial charge in [0.2, 0.25) is 6.04 Å². The van der Waals surface area contributed by atoms with Gasteiger partial charge in [0.15, 0.2) is 11.6 Å². The van der Waals surface area contributed by atoms with E-state index in [9.17, 15) is 14.4 Å². The second kappa shape index (κ2) is 8.00. The zero-order valence-corrected chi connectivity index (χ0v) is 14.5. The van der Waals surface area contributed by atoms with Crippen LogP contribution < -0.4 is 0 Å². The number of carbonyl (C=O) groups excluding carboxylic acids is 2. The third-order valence-electron chi connectivity index (χ3n) is 3.22. The molecule has 2 aromatic rings. The fourth-order valence-corrected chi connectivity index (χ4v) is 2.39. The lowest BCUT2D eigenvalue weighted by Crippen LogP contribution is -2.25. The molecule has 0 aliphatic rings. The van der Waals surface area contributed by atoms with Gasteiger partial charge >= 0.3 is 5.97 Å². The monoisotopic (exact) mass is 378 g/mol. The number of azo groups is 1. The van der Waals surface area contributed by atoms with Gasteiger partial charge in [-0.2, -0.15) is 10.2 Å². The molecule has 0 radical (unpaired) electrons. The molecule has 128 valence electrons. The summed E-state index contributed by atoms with van der Waals surface area (Å²) in [5, 5.41) is 16.8. The Labute approximate surface area is 153 Å². The van der Waals surface area contributed by atoms with E-state index in [0.29, 0.717) is 0 Å². The molecule has 0 aliphatic carbocycles. The fourth-order valence-electron chi connectivity index (χ4n) is 1.99. The smallest absolute Gasteiger partial charge is 0.338 e. The topological polar surface area (TPSA) is 96.2 Å². The van der Waals surface area contributed by atoms with Gasteiger partial charge in [-0.3, -0.25) is 9.59 Å². The summed E-state index contributed by atoms with van der Waals surface area (Å²) in [6, 6.07) is 9.07. The highest BCUT2D eigenvalue weighted by atomic mass is 35.5. The summed E-state index contributed by atoms with van der Waals surface area (Å²) in [6.45, 7) is 1.09. The zero-order chi connectivity index (χ0) is 18.6. The highest BCUT2D eigenvalue weighted by molar-refractivity contribution is 6.35.